The van der Waals surface area contributed by atoms with Gasteiger partial charge in [-0.25, -0.2) is 0 Å². The average molecular weight is 445 g/mol. The summed E-state index contributed by atoms with van der Waals surface area (Å²) in [5, 5.41) is 20.7. The first-order chi connectivity index (χ1) is 15.2. The Hall–Kier alpha value is -4.17. The van der Waals surface area contributed by atoms with Gasteiger partial charge in [0.05, 0.1) is 22.7 Å². The molecule has 2 aromatic heterocycles. The normalized spacial score (nSPS) is 11.6. The van der Waals surface area contributed by atoms with Crippen LogP contribution >= 0.6 is 0 Å². The topological polar surface area (TPSA) is 122 Å². The number of halogens is 3. The molecule has 0 atom stereocenters. The van der Waals surface area contributed by atoms with Crippen molar-refractivity contribution in [3.63, 3.8) is 0 Å². The Bertz CT molecular complexity index is 1300. The first kappa shape index (κ1) is 22.5. The molecule has 0 aliphatic carbocycles. The van der Waals surface area contributed by atoms with Crippen molar-refractivity contribution in [2.45, 2.75) is 12.8 Å². The van der Waals surface area contributed by atoms with Gasteiger partial charge in [-0.15, -0.1) is 0 Å². The SMILES string of the molecule is COCc1c([N+](=O)[O-])c(C=Cc2ccc(-c3ccccc3C(F)(F)F)o2)[nH]c(=O)c1C#N. The second-order valence-corrected chi connectivity index (χ2v) is 6.45. The number of pyridine rings is 1. The number of nitriles is 1. The van der Waals surface area contributed by atoms with E-state index in [0.717, 1.165) is 12.1 Å². The molecule has 3 rings (SSSR count). The lowest BCUT2D eigenvalue weighted by Gasteiger charge is -2.10. The summed E-state index contributed by atoms with van der Waals surface area (Å²) < 4.78 is 50.1. The van der Waals surface area contributed by atoms with E-state index in [1.165, 1.54) is 43.5 Å². The van der Waals surface area contributed by atoms with Gasteiger partial charge in [-0.2, -0.15) is 18.4 Å². The van der Waals surface area contributed by atoms with Crippen molar-refractivity contribution in [1.82, 2.24) is 4.98 Å². The Labute approximate surface area is 178 Å². The molecule has 0 aliphatic heterocycles. The van der Waals surface area contributed by atoms with Gasteiger partial charge in [0.1, 0.15) is 28.8 Å². The zero-order valence-corrected chi connectivity index (χ0v) is 16.4. The minimum absolute atomic E-state index is 0.0551. The predicted octanol–water partition coefficient (Wildman–Crippen LogP) is 4.75. The average Bonchev–Trinajstić information content (AvgIpc) is 3.20. The molecule has 0 aliphatic rings. The lowest BCUT2D eigenvalue weighted by atomic mass is 10.1. The van der Waals surface area contributed by atoms with Crippen molar-refractivity contribution in [2.75, 3.05) is 7.11 Å². The Morgan fingerprint density at radius 3 is 2.59 bits per heavy atom. The molecule has 0 bridgehead atoms. The maximum atomic E-state index is 13.2. The summed E-state index contributed by atoms with van der Waals surface area (Å²) in [5.41, 5.74) is -3.28. The summed E-state index contributed by atoms with van der Waals surface area (Å²) in [6, 6.07) is 9.21. The van der Waals surface area contributed by atoms with Crippen molar-refractivity contribution < 1.29 is 27.2 Å². The monoisotopic (exact) mass is 445 g/mol. The third kappa shape index (κ3) is 4.45. The van der Waals surface area contributed by atoms with Crippen LogP contribution in [0.2, 0.25) is 0 Å². The smallest absolute Gasteiger partial charge is 0.417 e. The molecule has 0 radical (unpaired) electrons. The lowest BCUT2D eigenvalue weighted by Crippen LogP contribution is -2.18. The Morgan fingerprint density at radius 1 is 1.25 bits per heavy atom. The van der Waals surface area contributed by atoms with E-state index in [1.54, 1.807) is 6.07 Å². The van der Waals surface area contributed by atoms with Crippen molar-refractivity contribution in [3.05, 3.63) is 85.0 Å². The Balaban J connectivity index is 2.04. The fraction of sp³-hybridized carbons (Fsp3) is 0.143. The van der Waals surface area contributed by atoms with Crippen LogP contribution in [0.15, 0.2) is 45.6 Å². The largest absolute Gasteiger partial charge is 0.457 e. The third-order valence-electron chi connectivity index (χ3n) is 4.44. The van der Waals surface area contributed by atoms with Gasteiger partial charge in [0.25, 0.3) is 11.2 Å². The van der Waals surface area contributed by atoms with Gasteiger partial charge < -0.3 is 14.1 Å². The number of nitrogens with zero attached hydrogens (tertiary/aromatic N) is 2. The predicted molar refractivity (Wildman–Crippen MR) is 107 cm³/mol. The summed E-state index contributed by atoms with van der Waals surface area (Å²) in [6.45, 7) is -0.344. The Kier molecular flexibility index (Phi) is 6.27. The molecule has 3 aromatic rings. The molecule has 0 amide bonds. The molecule has 1 aromatic carbocycles. The molecule has 0 unspecified atom stereocenters. The summed E-state index contributed by atoms with van der Waals surface area (Å²) in [7, 11) is 1.25. The lowest BCUT2D eigenvalue weighted by molar-refractivity contribution is -0.386. The van der Waals surface area contributed by atoms with Gasteiger partial charge in [-0.3, -0.25) is 14.9 Å². The number of benzene rings is 1. The van der Waals surface area contributed by atoms with Crippen molar-refractivity contribution in [3.8, 4) is 17.4 Å². The van der Waals surface area contributed by atoms with E-state index in [-0.39, 0.29) is 34.9 Å². The number of furan rings is 1. The van der Waals surface area contributed by atoms with Gasteiger partial charge in [0.15, 0.2) is 0 Å². The number of hydrogen-bond donors (Lipinski definition) is 1. The second kappa shape index (κ2) is 8.91. The number of H-pyrrole nitrogens is 1. The van der Waals surface area contributed by atoms with E-state index < -0.39 is 33.5 Å². The van der Waals surface area contributed by atoms with Crippen molar-refractivity contribution >= 4 is 17.8 Å². The van der Waals surface area contributed by atoms with E-state index in [4.69, 9.17) is 14.4 Å². The highest BCUT2D eigenvalue weighted by atomic mass is 19.4. The molecule has 0 spiro atoms. The molecule has 8 nitrogen and oxygen atoms in total. The molecule has 0 fully saturated rings. The van der Waals surface area contributed by atoms with Gasteiger partial charge in [0, 0.05) is 12.7 Å². The molecule has 1 N–H and O–H groups in total. The van der Waals surface area contributed by atoms with Gasteiger partial charge in [-0.1, -0.05) is 18.2 Å². The van der Waals surface area contributed by atoms with Gasteiger partial charge in [0.2, 0.25) is 0 Å². The number of ether oxygens (including phenoxy) is 1. The summed E-state index contributed by atoms with van der Waals surface area (Å²) >= 11 is 0. The van der Waals surface area contributed by atoms with Gasteiger partial charge >= 0.3 is 6.18 Å². The van der Waals surface area contributed by atoms with E-state index >= 15 is 0 Å². The van der Waals surface area contributed by atoms with Crippen LogP contribution in [0.1, 0.15) is 28.1 Å². The molecule has 32 heavy (non-hydrogen) atoms. The van der Waals surface area contributed by atoms with E-state index in [0.29, 0.717) is 0 Å². The minimum atomic E-state index is -4.58. The van der Waals surface area contributed by atoms with Crippen LogP contribution in [-0.4, -0.2) is 17.0 Å². The first-order valence-corrected chi connectivity index (χ1v) is 8.94. The number of aromatic amines is 1. The van der Waals surface area contributed by atoms with Crippen LogP contribution in [-0.2, 0) is 17.5 Å². The zero-order chi connectivity index (χ0) is 23.5. The quantitative estimate of drug-likeness (QED) is 0.432. The van der Waals surface area contributed by atoms with Gasteiger partial charge in [-0.05, 0) is 30.4 Å². The number of nitrogens with one attached hydrogen (secondary N) is 1. The molecule has 164 valence electrons. The molecule has 11 heteroatoms. The second-order valence-electron chi connectivity index (χ2n) is 6.45. The zero-order valence-electron chi connectivity index (χ0n) is 16.4. The highest BCUT2D eigenvalue weighted by Crippen LogP contribution is 2.37. The van der Waals surface area contributed by atoms with Crippen LogP contribution in [0.3, 0.4) is 0 Å². The number of nitro groups is 1. The van der Waals surface area contributed by atoms with Crippen LogP contribution in [0.25, 0.3) is 23.5 Å². The number of rotatable bonds is 6. The third-order valence-corrected chi connectivity index (χ3v) is 4.44. The number of methoxy groups -OCH3 is 1. The highest BCUT2D eigenvalue weighted by molar-refractivity contribution is 5.74. The maximum Gasteiger partial charge on any atom is 0.417 e. The van der Waals surface area contributed by atoms with Crippen molar-refractivity contribution in [2.24, 2.45) is 0 Å². The minimum Gasteiger partial charge on any atom is -0.457 e. The fourth-order valence-electron chi connectivity index (χ4n) is 3.09. The molecule has 0 saturated carbocycles. The van der Waals surface area contributed by atoms with Crippen LogP contribution < -0.4 is 5.56 Å². The molecule has 2 heterocycles. The first-order valence-electron chi connectivity index (χ1n) is 8.94. The summed E-state index contributed by atoms with van der Waals surface area (Å²) in [6.07, 6.45) is -2.17. The van der Waals surface area contributed by atoms with E-state index in [1.807, 2.05) is 0 Å². The number of hydrogen-bond acceptors (Lipinski definition) is 6. The molecular formula is C21H14F3N3O5. The van der Waals surface area contributed by atoms with Crippen LogP contribution in [0, 0.1) is 21.4 Å². The maximum absolute atomic E-state index is 13.2. The summed E-state index contributed by atoms with van der Waals surface area (Å²) in [4.78, 5) is 25.2. The molecular weight excluding hydrogens is 431 g/mol. The van der Waals surface area contributed by atoms with Crippen LogP contribution in [0.4, 0.5) is 18.9 Å². The van der Waals surface area contributed by atoms with Crippen LogP contribution in [0.5, 0.6) is 0 Å². The standard InChI is InChI=1S/C21H14F3N3O5/c1-31-11-15-14(10-25)20(28)26-17(19(15)27(29)30)8-6-12-7-9-18(32-12)13-4-2-3-5-16(13)21(22,23)24/h2-9H,11H2,1H3,(H,26,28). The fourth-order valence-corrected chi connectivity index (χ4v) is 3.09. The number of aromatic nitrogens is 1. The summed E-state index contributed by atoms with van der Waals surface area (Å²) in [5.74, 6) is 0.0326. The van der Waals surface area contributed by atoms with E-state index in [9.17, 15) is 28.1 Å². The number of alkyl halides is 3. The van der Waals surface area contributed by atoms with E-state index in [2.05, 4.69) is 4.98 Å². The van der Waals surface area contributed by atoms with Crippen molar-refractivity contribution in [1.29, 1.82) is 5.26 Å². The molecule has 0 saturated heterocycles. The Morgan fingerprint density at radius 2 is 1.97 bits per heavy atom. The highest BCUT2D eigenvalue weighted by Gasteiger charge is 2.34.